The number of amides is 1. The van der Waals surface area contributed by atoms with Crippen LogP contribution < -0.4 is 14.8 Å². The van der Waals surface area contributed by atoms with Crippen molar-refractivity contribution in [1.29, 1.82) is 0 Å². The molecule has 0 aliphatic heterocycles. The Morgan fingerprint density at radius 2 is 1.80 bits per heavy atom. The summed E-state index contributed by atoms with van der Waals surface area (Å²) in [6.07, 6.45) is 1.27. The topological polar surface area (TPSA) is 73.6 Å². The Morgan fingerprint density at radius 1 is 1.08 bits per heavy atom. The van der Waals surface area contributed by atoms with Crippen molar-refractivity contribution in [3.05, 3.63) is 66.8 Å². The molecular weight excluding hydrogens is 320 g/mol. The lowest BCUT2D eigenvalue weighted by atomic mass is 10.1. The van der Waals surface area contributed by atoms with E-state index in [-0.39, 0.29) is 11.7 Å². The first-order chi connectivity index (χ1) is 12.3. The lowest BCUT2D eigenvalue weighted by molar-refractivity contribution is 0.0920. The van der Waals surface area contributed by atoms with Crippen molar-refractivity contribution in [2.75, 3.05) is 20.3 Å². The van der Waals surface area contributed by atoms with Gasteiger partial charge in [0.2, 0.25) is 5.76 Å². The molecule has 25 heavy (non-hydrogen) atoms. The van der Waals surface area contributed by atoms with Crippen molar-refractivity contribution in [1.82, 2.24) is 10.3 Å². The van der Waals surface area contributed by atoms with Gasteiger partial charge in [-0.05, 0) is 24.3 Å². The fourth-order valence-electron chi connectivity index (χ4n) is 2.29. The Balaban J connectivity index is 1.52. The van der Waals surface area contributed by atoms with Crippen LogP contribution in [0.3, 0.4) is 0 Å². The molecule has 0 atom stereocenters. The molecule has 0 unspecified atom stereocenters. The van der Waals surface area contributed by atoms with E-state index in [1.807, 2.05) is 54.6 Å². The van der Waals surface area contributed by atoms with E-state index in [1.165, 1.54) is 6.39 Å². The van der Waals surface area contributed by atoms with Crippen LogP contribution in [0.1, 0.15) is 10.6 Å². The third kappa shape index (κ3) is 4.17. The van der Waals surface area contributed by atoms with E-state index in [0.717, 1.165) is 11.3 Å². The van der Waals surface area contributed by atoms with Crippen LogP contribution in [0.25, 0.3) is 11.3 Å². The predicted molar refractivity (Wildman–Crippen MR) is 92.8 cm³/mol. The first-order valence-corrected chi connectivity index (χ1v) is 7.82. The molecule has 6 nitrogen and oxygen atoms in total. The smallest absolute Gasteiger partial charge is 0.289 e. The third-order valence-electron chi connectivity index (χ3n) is 3.54. The van der Waals surface area contributed by atoms with E-state index < -0.39 is 0 Å². The first-order valence-electron chi connectivity index (χ1n) is 7.82. The molecule has 2 aromatic carbocycles. The number of carbonyl (C=O) groups is 1. The summed E-state index contributed by atoms with van der Waals surface area (Å²) in [7, 11) is 1.61. The number of methoxy groups -OCH3 is 1. The van der Waals surface area contributed by atoms with E-state index in [0.29, 0.717) is 24.6 Å². The summed E-state index contributed by atoms with van der Waals surface area (Å²) in [6, 6.07) is 16.7. The molecule has 0 saturated heterocycles. The number of benzene rings is 2. The van der Waals surface area contributed by atoms with Gasteiger partial charge < -0.3 is 19.2 Å². The van der Waals surface area contributed by atoms with Crippen LogP contribution in [0.15, 0.2) is 65.4 Å². The summed E-state index contributed by atoms with van der Waals surface area (Å²) in [6.45, 7) is 0.687. The van der Waals surface area contributed by atoms with Crippen molar-refractivity contribution in [3.8, 4) is 22.8 Å². The van der Waals surface area contributed by atoms with Gasteiger partial charge in [0, 0.05) is 5.56 Å². The van der Waals surface area contributed by atoms with Gasteiger partial charge in [0.1, 0.15) is 23.8 Å². The van der Waals surface area contributed by atoms with Gasteiger partial charge >= 0.3 is 0 Å². The second-order valence-electron chi connectivity index (χ2n) is 5.18. The van der Waals surface area contributed by atoms with Crippen molar-refractivity contribution in [3.63, 3.8) is 0 Å². The summed E-state index contributed by atoms with van der Waals surface area (Å²) in [5, 5.41) is 2.77. The maximum atomic E-state index is 12.3. The van der Waals surface area contributed by atoms with Crippen molar-refractivity contribution in [2.24, 2.45) is 0 Å². The molecule has 0 bridgehead atoms. The Hall–Kier alpha value is -3.28. The number of hydrogen-bond acceptors (Lipinski definition) is 5. The van der Waals surface area contributed by atoms with Crippen LogP contribution in [0.2, 0.25) is 0 Å². The third-order valence-corrected chi connectivity index (χ3v) is 3.54. The normalized spacial score (nSPS) is 10.3. The van der Waals surface area contributed by atoms with Gasteiger partial charge in [-0.2, -0.15) is 0 Å². The highest BCUT2D eigenvalue weighted by atomic mass is 16.5. The van der Waals surface area contributed by atoms with Crippen LogP contribution in [-0.2, 0) is 0 Å². The Bertz CT molecular complexity index is 813. The molecule has 6 heteroatoms. The van der Waals surface area contributed by atoms with Crippen LogP contribution in [0.5, 0.6) is 11.5 Å². The molecule has 1 aromatic heterocycles. The standard InChI is InChI=1S/C19H18N2O4/c1-23-15-7-9-16(10-8-15)24-12-11-20-19(22)18-17(21-13-25-18)14-5-3-2-4-6-14/h2-10,13H,11-12H2,1H3,(H,20,22). The predicted octanol–water partition coefficient (Wildman–Crippen LogP) is 3.16. The summed E-state index contributed by atoms with van der Waals surface area (Å²) in [5.74, 6) is 1.34. The molecular formula is C19H18N2O4. The van der Waals surface area contributed by atoms with Gasteiger partial charge in [-0.15, -0.1) is 0 Å². The molecule has 1 heterocycles. The van der Waals surface area contributed by atoms with Gasteiger partial charge in [0.05, 0.1) is 13.7 Å². The zero-order chi connectivity index (χ0) is 17.5. The quantitative estimate of drug-likeness (QED) is 0.670. The number of nitrogens with one attached hydrogen (secondary N) is 1. The minimum absolute atomic E-state index is 0.190. The fraction of sp³-hybridized carbons (Fsp3) is 0.158. The lowest BCUT2D eigenvalue weighted by Gasteiger charge is -2.08. The summed E-state index contributed by atoms with van der Waals surface area (Å²) >= 11 is 0. The highest BCUT2D eigenvalue weighted by Crippen LogP contribution is 2.21. The van der Waals surface area contributed by atoms with Crippen molar-refractivity contribution >= 4 is 5.91 Å². The molecule has 3 rings (SSSR count). The second kappa shape index (κ2) is 8.01. The van der Waals surface area contributed by atoms with Crippen molar-refractivity contribution < 1.29 is 18.7 Å². The highest BCUT2D eigenvalue weighted by molar-refractivity contribution is 5.97. The van der Waals surface area contributed by atoms with E-state index in [4.69, 9.17) is 13.9 Å². The molecule has 0 saturated carbocycles. The fourth-order valence-corrected chi connectivity index (χ4v) is 2.29. The number of hydrogen-bond donors (Lipinski definition) is 1. The lowest BCUT2D eigenvalue weighted by Crippen LogP contribution is -2.28. The number of ether oxygens (including phenoxy) is 2. The number of aromatic nitrogens is 1. The molecule has 1 N–H and O–H groups in total. The number of nitrogens with zero attached hydrogens (tertiary/aromatic N) is 1. The first kappa shape index (κ1) is 16.6. The van der Waals surface area contributed by atoms with Gasteiger partial charge in [-0.3, -0.25) is 4.79 Å². The van der Waals surface area contributed by atoms with Gasteiger partial charge in [-0.25, -0.2) is 4.98 Å². The summed E-state index contributed by atoms with van der Waals surface area (Å²) in [4.78, 5) is 16.4. The van der Waals surface area contributed by atoms with Crippen LogP contribution >= 0.6 is 0 Å². The molecule has 0 spiro atoms. The minimum Gasteiger partial charge on any atom is -0.497 e. The zero-order valence-corrected chi connectivity index (χ0v) is 13.8. The van der Waals surface area contributed by atoms with E-state index in [9.17, 15) is 4.79 Å². The average molecular weight is 338 g/mol. The largest absolute Gasteiger partial charge is 0.497 e. The minimum atomic E-state index is -0.324. The summed E-state index contributed by atoms with van der Waals surface area (Å²) in [5.41, 5.74) is 1.35. The molecule has 1 amide bonds. The molecule has 0 aliphatic carbocycles. The molecule has 0 fully saturated rings. The highest BCUT2D eigenvalue weighted by Gasteiger charge is 2.17. The van der Waals surface area contributed by atoms with Gasteiger partial charge in [-0.1, -0.05) is 30.3 Å². The maximum absolute atomic E-state index is 12.3. The Labute approximate surface area is 145 Å². The molecule has 0 radical (unpaired) electrons. The van der Waals surface area contributed by atoms with Gasteiger partial charge in [0.25, 0.3) is 5.91 Å². The molecule has 3 aromatic rings. The number of oxazole rings is 1. The summed E-state index contributed by atoms with van der Waals surface area (Å²) < 4.78 is 15.9. The van der Waals surface area contributed by atoms with E-state index in [2.05, 4.69) is 10.3 Å². The van der Waals surface area contributed by atoms with E-state index in [1.54, 1.807) is 7.11 Å². The van der Waals surface area contributed by atoms with Gasteiger partial charge in [0.15, 0.2) is 6.39 Å². The maximum Gasteiger partial charge on any atom is 0.289 e. The van der Waals surface area contributed by atoms with Crippen LogP contribution in [-0.4, -0.2) is 31.2 Å². The average Bonchev–Trinajstić information content (AvgIpc) is 3.16. The SMILES string of the molecule is COc1ccc(OCCNC(=O)c2ocnc2-c2ccccc2)cc1. The van der Waals surface area contributed by atoms with Crippen LogP contribution in [0, 0.1) is 0 Å². The monoisotopic (exact) mass is 338 g/mol. The molecule has 128 valence electrons. The van der Waals surface area contributed by atoms with E-state index >= 15 is 0 Å². The van der Waals surface area contributed by atoms with Crippen LogP contribution in [0.4, 0.5) is 0 Å². The second-order valence-corrected chi connectivity index (χ2v) is 5.18. The van der Waals surface area contributed by atoms with Crippen molar-refractivity contribution in [2.45, 2.75) is 0 Å². The Morgan fingerprint density at radius 3 is 2.52 bits per heavy atom. The molecule has 0 aliphatic rings. The number of rotatable bonds is 7. The Kier molecular flexibility index (Phi) is 5.31. The number of carbonyl (C=O) groups excluding carboxylic acids is 1. The zero-order valence-electron chi connectivity index (χ0n) is 13.8.